The average molecular weight is 245 g/mol. The fraction of sp³-hybridized carbons (Fsp3) is 0.727. The van der Waals surface area contributed by atoms with Gasteiger partial charge >= 0.3 is 0 Å². The molecule has 1 rings (SSSR count). The zero-order valence-corrected chi connectivity index (χ0v) is 11.3. The van der Waals surface area contributed by atoms with Crippen molar-refractivity contribution in [2.75, 3.05) is 26.7 Å². The summed E-state index contributed by atoms with van der Waals surface area (Å²) in [5, 5.41) is 8.39. The number of hydrogen-bond donors (Lipinski definition) is 1. The number of aromatic nitrogens is 2. The van der Waals surface area contributed by atoms with E-state index in [0.29, 0.717) is 0 Å². The predicted molar refractivity (Wildman–Crippen MR) is 67.8 cm³/mol. The highest BCUT2D eigenvalue weighted by atomic mass is 35.5. The Morgan fingerprint density at radius 3 is 2.69 bits per heavy atom. The Balaban J connectivity index is 2.52. The minimum atomic E-state index is 0.790. The van der Waals surface area contributed by atoms with Crippen LogP contribution >= 0.6 is 11.6 Å². The van der Waals surface area contributed by atoms with E-state index in [0.717, 1.165) is 42.6 Å². The van der Waals surface area contributed by atoms with E-state index >= 15 is 0 Å². The number of hydrogen-bond acceptors (Lipinski definition) is 3. The van der Waals surface area contributed by atoms with Crippen molar-refractivity contribution in [3.8, 4) is 0 Å². The number of likely N-dealkylation sites (N-methyl/N-ethyl adjacent to an activating group) is 2. The van der Waals surface area contributed by atoms with Crippen LogP contribution in [0.25, 0.3) is 0 Å². The third-order valence-corrected chi connectivity index (χ3v) is 3.09. The SMILES string of the molecule is CCNCCN(C)Cc1c(Cl)c(C)nn1C. The Hall–Kier alpha value is -0.580. The fourth-order valence-electron chi connectivity index (χ4n) is 1.63. The van der Waals surface area contributed by atoms with Crippen LogP contribution in [0.2, 0.25) is 5.02 Å². The number of nitrogens with one attached hydrogen (secondary N) is 1. The zero-order chi connectivity index (χ0) is 12.1. The minimum Gasteiger partial charge on any atom is -0.316 e. The molecule has 1 aromatic rings. The number of aryl methyl sites for hydroxylation is 2. The largest absolute Gasteiger partial charge is 0.316 e. The molecule has 4 nitrogen and oxygen atoms in total. The minimum absolute atomic E-state index is 0.790. The molecule has 0 unspecified atom stereocenters. The van der Waals surface area contributed by atoms with Crippen molar-refractivity contribution in [1.29, 1.82) is 0 Å². The lowest BCUT2D eigenvalue weighted by Gasteiger charge is -2.16. The van der Waals surface area contributed by atoms with Crippen molar-refractivity contribution in [1.82, 2.24) is 20.0 Å². The number of halogens is 1. The van der Waals surface area contributed by atoms with E-state index in [1.165, 1.54) is 0 Å². The summed E-state index contributed by atoms with van der Waals surface area (Å²) in [5.74, 6) is 0. The maximum atomic E-state index is 6.19. The molecular weight excluding hydrogens is 224 g/mol. The molecule has 1 N–H and O–H groups in total. The molecule has 1 heterocycles. The van der Waals surface area contributed by atoms with E-state index in [2.05, 4.69) is 29.3 Å². The second kappa shape index (κ2) is 6.23. The molecule has 0 atom stereocenters. The van der Waals surface area contributed by atoms with Crippen molar-refractivity contribution >= 4 is 11.6 Å². The molecule has 0 saturated heterocycles. The van der Waals surface area contributed by atoms with Crippen LogP contribution in [0, 0.1) is 6.92 Å². The molecular formula is C11H21ClN4. The molecule has 0 spiro atoms. The molecule has 0 fully saturated rings. The molecule has 0 saturated carbocycles. The van der Waals surface area contributed by atoms with Crippen molar-refractivity contribution in [3.05, 3.63) is 16.4 Å². The molecule has 92 valence electrons. The Labute approximate surface area is 103 Å². The third-order valence-electron chi connectivity index (χ3n) is 2.60. The van der Waals surface area contributed by atoms with Crippen LogP contribution in [0.1, 0.15) is 18.3 Å². The van der Waals surface area contributed by atoms with Gasteiger partial charge in [0.25, 0.3) is 0 Å². The molecule has 0 amide bonds. The predicted octanol–water partition coefficient (Wildman–Crippen LogP) is 1.42. The van der Waals surface area contributed by atoms with Gasteiger partial charge in [0.15, 0.2) is 0 Å². The third kappa shape index (κ3) is 3.47. The van der Waals surface area contributed by atoms with Crippen LogP contribution in [0.4, 0.5) is 0 Å². The molecule has 0 aliphatic rings. The first kappa shape index (κ1) is 13.5. The van der Waals surface area contributed by atoms with E-state index in [9.17, 15) is 0 Å². The number of nitrogens with zero attached hydrogens (tertiary/aromatic N) is 3. The van der Waals surface area contributed by atoms with Gasteiger partial charge < -0.3 is 5.32 Å². The molecule has 0 aromatic carbocycles. The van der Waals surface area contributed by atoms with E-state index in [1.807, 2.05) is 18.7 Å². The van der Waals surface area contributed by atoms with Gasteiger partial charge in [-0.1, -0.05) is 18.5 Å². The van der Waals surface area contributed by atoms with Crippen molar-refractivity contribution in [2.24, 2.45) is 7.05 Å². The topological polar surface area (TPSA) is 33.1 Å². The van der Waals surface area contributed by atoms with Crippen molar-refractivity contribution < 1.29 is 0 Å². The highest BCUT2D eigenvalue weighted by molar-refractivity contribution is 6.31. The summed E-state index contributed by atoms with van der Waals surface area (Å²) in [6, 6.07) is 0. The summed E-state index contributed by atoms with van der Waals surface area (Å²) in [6.07, 6.45) is 0. The van der Waals surface area contributed by atoms with E-state index in [-0.39, 0.29) is 0 Å². The van der Waals surface area contributed by atoms with Gasteiger partial charge in [0.05, 0.1) is 16.4 Å². The Morgan fingerprint density at radius 1 is 1.50 bits per heavy atom. The quantitative estimate of drug-likeness (QED) is 0.769. The summed E-state index contributed by atoms with van der Waals surface area (Å²) >= 11 is 6.19. The van der Waals surface area contributed by atoms with Gasteiger partial charge in [0.2, 0.25) is 0 Å². The average Bonchev–Trinajstić information content (AvgIpc) is 2.46. The van der Waals surface area contributed by atoms with Crippen LogP contribution in [0.3, 0.4) is 0 Å². The van der Waals surface area contributed by atoms with E-state index in [4.69, 9.17) is 11.6 Å². The first-order valence-electron chi connectivity index (χ1n) is 5.63. The van der Waals surface area contributed by atoms with Crippen molar-refractivity contribution in [2.45, 2.75) is 20.4 Å². The van der Waals surface area contributed by atoms with Gasteiger partial charge in [-0.25, -0.2) is 0 Å². The van der Waals surface area contributed by atoms with Crippen LogP contribution in [-0.2, 0) is 13.6 Å². The lowest BCUT2D eigenvalue weighted by atomic mass is 10.3. The normalized spacial score (nSPS) is 11.4. The smallest absolute Gasteiger partial charge is 0.0860 e. The first-order valence-corrected chi connectivity index (χ1v) is 6.01. The Bertz CT molecular complexity index is 335. The second-order valence-corrected chi connectivity index (χ2v) is 4.44. The first-order chi connectivity index (χ1) is 7.56. The van der Waals surface area contributed by atoms with Crippen LogP contribution in [0.5, 0.6) is 0 Å². The van der Waals surface area contributed by atoms with Crippen LogP contribution in [-0.4, -0.2) is 41.4 Å². The molecule has 0 aliphatic carbocycles. The Morgan fingerprint density at radius 2 is 2.19 bits per heavy atom. The monoisotopic (exact) mass is 244 g/mol. The van der Waals surface area contributed by atoms with E-state index in [1.54, 1.807) is 0 Å². The van der Waals surface area contributed by atoms with Crippen LogP contribution in [0.15, 0.2) is 0 Å². The molecule has 5 heteroatoms. The molecule has 0 radical (unpaired) electrons. The summed E-state index contributed by atoms with van der Waals surface area (Å²) in [5.41, 5.74) is 1.98. The Kier molecular flexibility index (Phi) is 5.25. The van der Waals surface area contributed by atoms with Gasteiger partial charge in [0.1, 0.15) is 0 Å². The van der Waals surface area contributed by atoms with Gasteiger partial charge in [-0.2, -0.15) is 5.10 Å². The summed E-state index contributed by atoms with van der Waals surface area (Å²) in [4.78, 5) is 2.24. The zero-order valence-electron chi connectivity index (χ0n) is 10.5. The lowest BCUT2D eigenvalue weighted by molar-refractivity contribution is 0.316. The lowest BCUT2D eigenvalue weighted by Crippen LogP contribution is -2.29. The van der Waals surface area contributed by atoms with Gasteiger partial charge in [0, 0.05) is 26.7 Å². The van der Waals surface area contributed by atoms with Gasteiger partial charge in [-0.05, 0) is 20.5 Å². The molecule has 1 aromatic heterocycles. The molecule has 0 bridgehead atoms. The molecule has 0 aliphatic heterocycles. The maximum Gasteiger partial charge on any atom is 0.0860 e. The summed E-state index contributed by atoms with van der Waals surface area (Å²) in [7, 11) is 4.03. The fourth-order valence-corrected chi connectivity index (χ4v) is 1.85. The maximum absolute atomic E-state index is 6.19. The standard InChI is InChI=1S/C11H21ClN4/c1-5-13-6-7-15(3)8-10-11(12)9(2)14-16(10)4/h13H,5-8H2,1-4H3. The van der Waals surface area contributed by atoms with Crippen molar-refractivity contribution in [3.63, 3.8) is 0 Å². The second-order valence-electron chi connectivity index (χ2n) is 4.06. The molecule has 16 heavy (non-hydrogen) atoms. The van der Waals surface area contributed by atoms with E-state index < -0.39 is 0 Å². The highest BCUT2D eigenvalue weighted by Crippen LogP contribution is 2.20. The highest BCUT2D eigenvalue weighted by Gasteiger charge is 2.12. The summed E-state index contributed by atoms with van der Waals surface area (Å²) in [6.45, 7) is 7.91. The van der Waals surface area contributed by atoms with Gasteiger partial charge in [-0.15, -0.1) is 0 Å². The summed E-state index contributed by atoms with van der Waals surface area (Å²) < 4.78 is 1.86. The van der Waals surface area contributed by atoms with Crippen LogP contribution < -0.4 is 5.32 Å². The number of rotatable bonds is 6. The van der Waals surface area contributed by atoms with Gasteiger partial charge in [-0.3, -0.25) is 9.58 Å².